The van der Waals surface area contributed by atoms with Crippen LogP contribution in [0, 0.1) is 0 Å². The van der Waals surface area contributed by atoms with E-state index in [-0.39, 0.29) is 0 Å². The summed E-state index contributed by atoms with van der Waals surface area (Å²) in [5, 5.41) is 3.69. The van der Waals surface area contributed by atoms with Gasteiger partial charge in [0, 0.05) is 43.6 Å². The summed E-state index contributed by atoms with van der Waals surface area (Å²) in [5.74, 6) is 0.884. The molecule has 0 saturated carbocycles. The Kier molecular flexibility index (Phi) is 4.24. The summed E-state index contributed by atoms with van der Waals surface area (Å²) in [4.78, 5) is 11.4. The third kappa shape index (κ3) is 3.22. The lowest BCUT2D eigenvalue weighted by Crippen LogP contribution is -2.25. The molecule has 1 aromatic carbocycles. The van der Waals surface area contributed by atoms with Crippen molar-refractivity contribution in [3.8, 4) is 0 Å². The summed E-state index contributed by atoms with van der Waals surface area (Å²) in [5.41, 5.74) is 4.13. The normalized spacial score (nSPS) is 20.5. The van der Waals surface area contributed by atoms with Gasteiger partial charge in [-0.15, -0.1) is 0 Å². The van der Waals surface area contributed by atoms with Crippen LogP contribution >= 0.6 is 0 Å². The molecule has 0 bridgehead atoms. The van der Waals surface area contributed by atoms with Gasteiger partial charge < -0.3 is 10.2 Å². The second-order valence-electron chi connectivity index (χ2n) is 6.61. The molecule has 4 nitrogen and oxygen atoms in total. The molecule has 1 aliphatic heterocycles. The minimum absolute atomic E-state index is 0.457. The van der Waals surface area contributed by atoms with E-state index < -0.39 is 0 Å². The number of nitrogens with zero attached hydrogens (tertiary/aromatic N) is 3. The van der Waals surface area contributed by atoms with Crippen LogP contribution in [0.2, 0.25) is 0 Å². The maximum atomic E-state index is 4.54. The lowest BCUT2D eigenvalue weighted by molar-refractivity contribution is 0.458. The van der Waals surface area contributed by atoms with Gasteiger partial charge in [0.25, 0.3) is 0 Å². The molecule has 2 heterocycles. The molecular weight excluding hydrogens is 284 g/mol. The first-order valence-electron chi connectivity index (χ1n) is 8.77. The van der Waals surface area contributed by atoms with E-state index in [4.69, 9.17) is 0 Å². The van der Waals surface area contributed by atoms with Gasteiger partial charge in [-0.2, -0.15) is 0 Å². The summed E-state index contributed by atoms with van der Waals surface area (Å²) in [6.07, 6.45) is 10.1. The van der Waals surface area contributed by atoms with Gasteiger partial charge in [-0.25, -0.2) is 9.97 Å². The van der Waals surface area contributed by atoms with Gasteiger partial charge in [0.2, 0.25) is 5.95 Å². The van der Waals surface area contributed by atoms with E-state index in [1.165, 1.54) is 43.2 Å². The molecule has 2 aliphatic rings. The Bertz CT molecular complexity index is 647. The summed E-state index contributed by atoms with van der Waals surface area (Å²) >= 11 is 0. The minimum Gasteiger partial charge on any atom is -0.341 e. The van der Waals surface area contributed by atoms with Gasteiger partial charge in [-0.3, -0.25) is 0 Å². The van der Waals surface area contributed by atoms with Crippen LogP contribution in [0.5, 0.6) is 0 Å². The third-order valence-corrected chi connectivity index (χ3v) is 5.00. The molecule has 1 atom stereocenters. The van der Waals surface area contributed by atoms with Crippen molar-refractivity contribution in [2.45, 2.75) is 44.7 Å². The van der Waals surface area contributed by atoms with Crippen LogP contribution in [0.25, 0.3) is 0 Å². The van der Waals surface area contributed by atoms with Crippen LogP contribution in [-0.4, -0.2) is 23.1 Å². The molecule has 4 heteroatoms. The predicted octanol–water partition coefficient (Wildman–Crippen LogP) is 3.24. The van der Waals surface area contributed by atoms with Crippen LogP contribution < -0.4 is 10.2 Å². The predicted molar refractivity (Wildman–Crippen MR) is 92.4 cm³/mol. The van der Waals surface area contributed by atoms with Gasteiger partial charge in [0.05, 0.1) is 0 Å². The Labute approximate surface area is 138 Å². The lowest BCUT2D eigenvalue weighted by atomic mass is 9.88. The van der Waals surface area contributed by atoms with Crippen molar-refractivity contribution in [1.29, 1.82) is 0 Å². The van der Waals surface area contributed by atoms with E-state index >= 15 is 0 Å². The van der Waals surface area contributed by atoms with Crippen LogP contribution in [0.1, 0.15) is 48.4 Å². The van der Waals surface area contributed by atoms with Crippen LogP contribution in [-0.2, 0) is 13.0 Å². The maximum Gasteiger partial charge on any atom is 0.225 e. The Morgan fingerprint density at radius 3 is 2.65 bits per heavy atom. The summed E-state index contributed by atoms with van der Waals surface area (Å²) in [6, 6.07) is 9.27. The van der Waals surface area contributed by atoms with Crippen molar-refractivity contribution in [2.75, 3.05) is 18.0 Å². The Hall–Kier alpha value is -1.94. The first-order chi connectivity index (χ1) is 11.4. The summed E-state index contributed by atoms with van der Waals surface area (Å²) in [7, 11) is 0. The lowest BCUT2D eigenvalue weighted by Gasteiger charge is -2.26. The number of rotatable bonds is 4. The SMILES string of the molecule is c1ccc2c(c1)CCC[C@@H]2NCc1cnc(N2CCCC2)nc1. The molecule has 0 amide bonds. The fraction of sp³-hybridized carbons (Fsp3) is 0.474. The number of benzene rings is 1. The molecule has 1 fully saturated rings. The molecule has 1 aliphatic carbocycles. The van der Waals surface area contributed by atoms with Crippen LogP contribution in [0.4, 0.5) is 5.95 Å². The average molecular weight is 308 g/mol. The Balaban J connectivity index is 1.39. The molecule has 1 aromatic heterocycles. The van der Waals surface area contributed by atoms with Crippen LogP contribution in [0.3, 0.4) is 0 Å². The molecular formula is C19H24N4. The number of fused-ring (bicyclic) bond motifs is 1. The molecule has 0 unspecified atom stereocenters. The standard InChI is InChI=1S/C19H24N4/c1-2-8-17-16(6-1)7-5-9-18(17)20-12-15-13-21-19(22-14-15)23-10-3-4-11-23/h1-2,6,8,13-14,18,20H,3-5,7,9-12H2/t18-/m0/s1. The van der Waals surface area contributed by atoms with E-state index in [1.54, 1.807) is 0 Å². The fourth-order valence-corrected chi connectivity index (χ4v) is 3.73. The van der Waals surface area contributed by atoms with Crippen molar-refractivity contribution in [1.82, 2.24) is 15.3 Å². The molecule has 0 radical (unpaired) electrons. The van der Waals surface area contributed by atoms with Crippen molar-refractivity contribution in [2.24, 2.45) is 0 Å². The highest BCUT2D eigenvalue weighted by Gasteiger charge is 2.19. The van der Waals surface area contributed by atoms with E-state index in [1.807, 2.05) is 12.4 Å². The highest BCUT2D eigenvalue weighted by atomic mass is 15.3. The van der Waals surface area contributed by atoms with E-state index in [0.29, 0.717) is 6.04 Å². The van der Waals surface area contributed by atoms with Gasteiger partial charge in [0.15, 0.2) is 0 Å². The number of aryl methyl sites for hydroxylation is 1. The molecule has 1 saturated heterocycles. The molecule has 2 aromatic rings. The van der Waals surface area contributed by atoms with Crippen molar-refractivity contribution in [3.05, 3.63) is 53.3 Å². The zero-order valence-electron chi connectivity index (χ0n) is 13.5. The van der Waals surface area contributed by atoms with Crippen molar-refractivity contribution in [3.63, 3.8) is 0 Å². The number of hydrogen-bond donors (Lipinski definition) is 1. The summed E-state index contributed by atoms with van der Waals surface area (Å²) in [6.45, 7) is 3.02. The second kappa shape index (κ2) is 6.67. The smallest absolute Gasteiger partial charge is 0.225 e. The molecule has 4 rings (SSSR count). The topological polar surface area (TPSA) is 41.1 Å². The van der Waals surface area contributed by atoms with E-state index in [2.05, 4.69) is 44.5 Å². The third-order valence-electron chi connectivity index (χ3n) is 5.00. The van der Waals surface area contributed by atoms with Crippen molar-refractivity contribution < 1.29 is 0 Å². The molecule has 1 N–H and O–H groups in total. The van der Waals surface area contributed by atoms with Gasteiger partial charge in [0.1, 0.15) is 0 Å². The van der Waals surface area contributed by atoms with E-state index in [9.17, 15) is 0 Å². The zero-order chi connectivity index (χ0) is 15.5. The van der Waals surface area contributed by atoms with Crippen LogP contribution in [0.15, 0.2) is 36.7 Å². The number of aromatic nitrogens is 2. The second-order valence-corrected chi connectivity index (χ2v) is 6.61. The van der Waals surface area contributed by atoms with Crippen molar-refractivity contribution >= 4 is 5.95 Å². The van der Waals surface area contributed by atoms with Gasteiger partial charge in [-0.05, 0) is 43.2 Å². The van der Waals surface area contributed by atoms with E-state index in [0.717, 1.165) is 31.1 Å². The maximum absolute atomic E-state index is 4.54. The highest BCUT2D eigenvalue weighted by Crippen LogP contribution is 2.29. The first kappa shape index (κ1) is 14.6. The number of anilines is 1. The fourth-order valence-electron chi connectivity index (χ4n) is 3.73. The number of nitrogens with one attached hydrogen (secondary N) is 1. The molecule has 23 heavy (non-hydrogen) atoms. The zero-order valence-corrected chi connectivity index (χ0v) is 13.5. The summed E-state index contributed by atoms with van der Waals surface area (Å²) < 4.78 is 0. The molecule has 120 valence electrons. The Morgan fingerprint density at radius 2 is 1.83 bits per heavy atom. The average Bonchev–Trinajstić information content (AvgIpc) is 3.15. The van der Waals surface area contributed by atoms with Gasteiger partial charge in [-0.1, -0.05) is 24.3 Å². The minimum atomic E-state index is 0.457. The molecule has 0 spiro atoms. The largest absolute Gasteiger partial charge is 0.341 e. The Morgan fingerprint density at radius 1 is 1.04 bits per heavy atom. The highest BCUT2D eigenvalue weighted by molar-refractivity contribution is 5.33. The van der Waals surface area contributed by atoms with Gasteiger partial charge >= 0.3 is 0 Å². The first-order valence-corrected chi connectivity index (χ1v) is 8.77. The monoisotopic (exact) mass is 308 g/mol. The number of hydrogen-bond acceptors (Lipinski definition) is 4. The quantitative estimate of drug-likeness (QED) is 0.941.